The highest BCUT2D eigenvalue weighted by Crippen LogP contribution is 2.45. The van der Waals surface area contributed by atoms with Crippen LogP contribution in [-0.2, 0) is 10.2 Å². The number of carbonyl (C=O) groups is 1. The van der Waals surface area contributed by atoms with Crippen LogP contribution in [0.5, 0.6) is 5.75 Å². The van der Waals surface area contributed by atoms with Crippen LogP contribution >= 0.6 is 0 Å². The van der Waals surface area contributed by atoms with Gasteiger partial charge in [0.15, 0.2) is 0 Å². The molecule has 0 aliphatic heterocycles. The van der Waals surface area contributed by atoms with E-state index in [9.17, 15) is 4.79 Å². The van der Waals surface area contributed by atoms with E-state index in [1.165, 1.54) is 43.1 Å². The molecule has 0 unspecified atom stereocenters. The van der Waals surface area contributed by atoms with Gasteiger partial charge in [-0.25, -0.2) is 4.79 Å². The Kier molecular flexibility index (Phi) is 4.89. The van der Waals surface area contributed by atoms with Crippen molar-refractivity contribution in [2.75, 3.05) is 7.11 Å². The van der Waals surface area contributed by atoms with E-state index in [0.29, 0.717) is 5.75 Å². The van der Waals surface area contributed by atoms with Crippen LogP contribution in [0.15, 0.2) is 48.5 Å². The van der Waals surface area contributed by atoms with Gasteiger partial charge in [0, 0.05) is 5.41 Å². The summed E-state index contributed by atoms with van der Waals surface area (Å²) in [5.41, 5.74) is 4.03. The lowest BCUT2D eigenvalue weighted by atomic mass is 9.65. The fourth-order valence-electron chi connectivity index (χ4n) is 3.75. The Labute approximate surface area is 143 Å². The smallest absolute Gasteiger partial charge is 0.437 e. The summed E-state index contributed by atoms with van der Waals surface area (Å²) >= 11 is 0. The van der Waals surface area contributed by atoms with Crippen molar-refractivity contribution in [1.82, 2.24) is 0 Å². The van der Waals surface area contributed by atoms with Crippen LogP contribution < -0.4 is 4.74 Å². The van der Waals surface area contributed by atoms with Crippen LogP contribution in [-0.4, -0.2) is 13.3 Å². The van der Waals surface area contributed by atoms with Crippen molar-refractivity contribution in [3.8, 4) is 5.75 Å². The maximum atomic E-state index is 11.2. The van der Waals surface area contributed by atoms with Crippen molar-refractivity contribution in [3.63, 3.8) is 0 Å². The Morgan fingerprint density at radius 1 is 0.875 bits per heavy atom. The van der Waals surface area contributed by atoms with E-state index in [2.05, 4.69) is 48.1 Å². The fraction of sp³-hybridized carbons (Fsp3) is 0.381. The van der Waals surface area contributed by atoms with Crippen LogP contribution in [0.2, 0.25) is 0 Å². The van der Waals surface area contributed by atoms with E-state index < -0.39 is 6.16 Å². The molecule has 0 N–H and O–H groups in total. The van der Waals surface area contributed by atoms with Crippen LogP contribution in [0, 0.1) is 6.92 Å². The molecule has 0 heterocycles. The third-order valence-electron chi connectivity index (χ3n) is 5.09. The molecule has 0 radical (unpaired) electrons. The lowest BCUT2D eigenvalue weighted by Gasteiger charge is -2.38. The largest absolute Gasteiger partial charge is 0.513 e. The zero-order valence-corrected chi connectivity index (χ0v) is 14.4. The first kappa shape index (κ1) is 16.6. The summed E-state index contributed by atoms with van der Waals surface area (Å²) in [6.07, 6.45) is 5.42. The number of carbonyl (C=O) groups excluding carboxylic acids is 1. The molecule has 0 amide bonds. The van der Waals surface area contributed by atoms with Crippen molar-refractivity contribution >= 4 is 6.16 Å². The van der Waals surface area contributed by atoms with Gasteiger partial charge in [0.2, 0.25) is 0 Å². The quantitative estimate of drug-likeness (QED) is 0.561. The van der Waals surface area contributed by atoms with E-state index in [1.54, 1.807) is 0 Å². The SMILES string of the molecule is COC(=O)Oc1ccc(C2(c3ccc(C)cc3)CCCCC2)cc1. The van der Waals surface area contributed by atoms with E-state index in [4.69, 9.17) is 4.74 Å². The second-order valence-electron chi connectivity index (χ2n) is 6.59. The first-order valence-corrected chi connectivity index (χ1v) is 8.57. The predicted molar refractivity (Wildman–Crippen MR) is 94.5 cm³/mol. The monoisotopic (exact) mass is 324 g/mol. The average molecular weight is 324 g/mol. The van der Waals surface area contributed by atoms with Crippen LogP contribution in [0.25, 0.3) is 0 Å². The summed E-state index contributed by atoms with van der Waals surface area (Å²) < 4.78 is 9.64. The second-order valence-corrected chi connectivity index (χ2v) is 6.59. The maximum Gasteiger partial charge on any atom is 0.513 e. The Morgan fingerprint density at radius 2 is 1.42 bits per heavy atom. The summed E-state index contributed by atoms with van der Waals surface area (Å²) in [4.78, 5) is 11.2. The summed E-state index contributed by atoms with van der Waals surface area (Å²) in [6, 6.07) is 16.8. The number of hydrogen-bond acceptors (Lipinski definition) is 3. The number of benzene rings is 2. The number of ether oxygens (including phenoxy) is 2. The van der Waals surface area contributed by atoms with Gasteiger partial charge in [0.25, 0.3) is 0 Å². The van der Waals surface area contributed by atoms with Gasteiger partial charge >= 0.3 is 6.16 Å². The highest BCUT2D eigenvalue weighted by Gasteiger charge is 2.35. The van der Waals surface area contributed by atoms with Crippen LogP contribution in [0.1, 0.15) is 48.8 Å². The normalized spacial score (nSPS) is 16.4. The molecule has 1 fully saturated rings. The van der Waals surface area contributed by atoms with E-state index in [0.717, 1.165) is 12.8 Å². The minimum atomic E-state index is -0.686. The molecule has 2 aromatic carbocycles. The number of methoxy groups -OCH3 is 1. The number of aryl methyl sites for hydroxylation is 1. The van der Waals surface area contributed by atoms with Gasteiger partial charge in [0.05, 0.1) is 7.11 Å². The molecule has 1 saturated carbocycles. The average Bonchev–Trinajstić information content (AvgIpc) is 2.63. The van der Waals surface area contributed by atoms with Gasteiger partial charge in [-0.05, 0) is 43.0 Å². The van der Waals surface area contributed by atoms with E-state index in [-0.39, 0.29) is 5.41 Å². The summed E-state index contributed by atoms with van der Waals surface area (Å²) in [7, 11) is 1.31. The van der Waals surface area contributed by atoms with Gasteiger partial charge in [-0.15, -0.1) is 0 Å². The number of rotatable bonds is 3. The fourth-order valence-corrected chi connectivity index (χ4v) is 3.75. The summed E-state index contributed by atoms with van der Waals surface area (Å²) in [5, 5.41) is 0. The molecule has 3 rings (SSSR count). The lowest BCUT2D eigenvalue weighted by Crippen LogP contribution is -2.30. The second kappa shape index (κ2) is 7.08. The van der Waals surface area contributed by atoms with Gasteiger partial charge in [0.1, 0.15) is 5.75 Å². The van der Waals surface area contributed by atoms with Crippen molar-refractivity contribution in [2.24, 2.45) is 0 Å². The van der Waals surface area contributed by atoms with Crippen molar-refractivity contribution < 1.29 is 14.3 Å². The first-order chi connectivity index (χ1) is 11.6. The molecule has 0 spiro atoms. The Morgan fingerprint density at radius 3 is 1.96 bits per heavy atom. The molecule has 2 aromatic rings. The highest BCUT2D eigenvalue weighted by atomic mass is 16.7. The van der Waals surface area contributed by atoms with Crippen LogP contribution in [0.4, 0.5) is 4.79 Å². The summed E-state index contributed by atoms with van der Waals surface area (Å²) in [5.74, 6) is 0.514. The number of hydrogen-bond donors (Lipinski definition) is 0. The van der Waals surface area contributed by atoms with Crippen molar-refractivity contribution in [3.05, 3.63) is 65.2 Å². The molecule has 1 aliphatic carbocycles. The van der Waals surface area contributed by atoms with E-state index >= 15 is 0 Å². The lowest BCUT2D eigenvalue weighted by molar-refractivity contribution is 0.121. The topological polar surface area (TPSA) is 35.5 Å². The molecule has 126 valence electrons. The third kappa shape index (κ3) is 3.30. The molecule has 3 heteroatoms. The van der Waals surface area contributed by atoms with E-state index in [1.807, 2.05) is 12.1 Å². The minimum Gasteiger partial charge on any atom is -0.437 e. The van der Waals surface area contributed by atoms with Gasteiger partial charge < -0.3 is 9.47 Å². The molecule has 3 nitrogen and oxygen atoms in total. The zero-order chi connectivity index (χ0) is 17.0. The summed E-state index contributed by atoms with van der Waals surface area (Å²) in [6.45, 7) is 2.12. The molecular weight excluding hydrogens is 300 g/mol. The highest BCUT2D eigenvalue weighted by molar-refractivity contribution is 5.63. The Balaban J connectivity index is 1.94. The molecule has 1 aliphatic rings. The molecule has 0 atom stereocenters. The Bertz CT molecular complexity index is 680. The third-order valence-corrected chi connectivity index (χ3v) is 5.09. The van der Waals surface area contributed by atoms with Crippen molar-refractivity contribution in [2.45, 2.75) is 44.4 Å². The predicted octanol–water partition coefficient (Wildman–Crippen LogP) is 5.39. The molecular formula is C21H24O3. The molecule has 0 saturated heterocycles. The first-order valence-electron chi connectivity index (χ1n) is 8.57. The molecule has 0 bridgehead atoms. The zero-order valence-electron chi connectivity index (χ0n) is 14.4. The van der Waals surface area contributed by atoms with Crippen molar-refractivity contribution in [1.29, 1.82) is 0 Å². The van der Waals surface area contributed by atoms with Crippen LogP contribution in [0.3, 0.4) is 0 Å². The van der Waals surface area contributed by atoms with Gasteiger partial charge in [-0.1, -0.05) is 61.2 Å². The van der Waals surface area contributed by atoms with Gasteiger partial charge in [-0.3, -0.25) is 0 Å². The van der Waals surface area contributed by atoms with Gasteiger partial charge in [-0.2, -0.15) is 0 Å². The minimum absolute atomic E-state index is 0.0652. The standard InChI is InChI=1S/C21H24O3/c1-16-6-8-17(9-7-16)21(14-4-3-5-15-21)18-10-12-19(13-11-18)24-20(22)23-2/h6-13H,3-5,14-15H2,1-2H3. The molecule has 0 aromatic heterocycles. The maximum absolute atomic E-state index is 11.2. The Hall–Kier alpha value is -2.29. The molecule has 24 heavy (non-hydrogen) atoms.